The van der Waals surface area contributed by atoms with Gasteiger partial charge in [0.05, 0.1) is 12.6 Å². The van der Waals surface area contributed by atoms with Gasteiger partial charge >= 0.3 is 0 Å². The standard InChI is InChI=1S/C16H20FNOS/c1-11(2)18(10-14-5-4-8-20-14)16-7-6-13(17)9-15(16)12(3)19/h4-9,11-12,19H,10H2,1-3H3/t12-/m1/s1. The van der Waals surface area contributed by atoms with Gasteiger partial charge in [0.2, 0.25) is 0 Å². The molecule has 0 saturated heterocycles. The van der Waals surface area contributed by atoms with Crippen molar-refractivity contribution in [1.82, 2.24) is 0 Å². The number of hydrogen-bond acceptors (Lipinski definition) is 3. The summed E-state index contributed by atoms with van der Waals surface area (Å²) < 4.78 is 13.4. The summed E-state index contributed by atoms with van der Waals surface area (Å²) >= 11 is 1.70. The van der Waals surface area contributed by atoms with Crippen molar-refractivity contribution in [3.05, 3.63) is 52.0 Å². The molecule has 1 aromatic heterocycles. The molecule has 0 aliphatic carbocycles. The van der Waals surface area contributed by atoms with Crippen LogP contribution < -0.4 is 4.90 Å². The van der Waals surface area contributed by atoms with Gasteiger partial charge in [0, 0.05) is 22.2 Å². The molecule has 0 amide bonds. The Morgan fingerprint density at radius 2 is 2.00 bits per heavy atom. The van der Waals surface area contributed by atoms with Crippen molar-refractivity contribution in [1.29, 1.82) is 0 Å². The molecule has 0 aliphatic heterocycles. The third kappa shape index (κ3) is 3.38. The van der Waals surface area contributed by atoms with Crippen molar-refractivity contribution in [3.8, 4) is 0 Å². The molecule has 4 heteroatoms. The largest absolute Gasteiger partial charge is 0.389 e. The first kappa shape index (κ1) is 15.0. The fourth-order valence-corrected chi connectivity index (χ4v) is 2.94. The number of aliphatic hydroxyl groups is 1. The zero-order chi connectivity index (χ0) is 14.7. The van der Waals surface area contributed by atoms with Gasteiger partial charge in [-0.25, -0.2) is 4.39 Å². The lowest BCUT2D eigenvalue weighted by molar-refractivity contribution is 0.199. The first-order valence-electron chi connectivity index (χ1n) is 6.75. The van der Waals surface area contributed by atoms with Crippen molar-refractivity contribution in [2.24, 2.45) is 0 Å². The van der Waals surface area contributed by atoms with E-state index in [-0.39, 0.29) is 11.9 Å². The van der Waals surface area contributed by atoms with Crippen molar-refractivity contribution in [3.63, 3.8) is 0 Å². The van der Waals surface area contributed by atoms with Crippen LogP contribution in [0.2, 0.25) is 0 Å². The van der Waals surface area contributed by atoms with Crippen molar-refractivity contribution >= 4 is 17.0 Å². The van der Waals surface area contributed by atoms with E-state index in [1.54, 1.807) is 24.3 Å². The van der Waals surface area contributed by atoms with Crippen LogP contribution in [0.3, 0.4) is 0 Å². The number of halogens is 1. The Balaban J connectivity index is 2.38. The molecular formula is C16H20FNOS. The molecule has 1 N–H and O–H groups in total. The molecule has 108 valence electrons. The van der Waals surface area contributed by atoms with Crippen LogP contribution >= 0.6 is 11.3 Å². The Labute approximate surface area is 123 Å². The summed E-state index contributed by atoms with van der Waals surface area (Å²) in [4.78, 5) is 3.44. The lowest BCUT2D eigenvalue weighted by Crippen LogP contribution is -2.31. The molecule has 2 aromatic rings. The molecular weight excluding hydrogens is 273 g/mol. The lowest BCUT2D eigenvalue weighted by Gasteiger charge is -2.31. The van der Waals surface area contributed by atoms with Gasteiger partial charge in [-0.1, -0.05) is 6.07 Å². The second-order valence-electron chi connectivity index (χ2n) is 5.18. The van der Waals surface area contributed by atoms with E-state index in [1.807, 2.05) is 11.4 Å². The minimum absolute atomic E-state index is 0.264. The molecule has 0 unspecified atom stereocenters. The summed E-state index contributed by atoms with van der Waals surface area (Å²) in [6.07, 6.45) is -0.690. The average Bonchev–Trinajstić information content (AvgIpc) is 2.89. The normalized spacial score (nSPS) is 12.7. The van der Waals surface area contributed by atoms with Gasteiger partial charge in [0.1, 0.15) is 5.82 Å². The summed E-state index contributed by atoms with van der Waals surface area (Å²) in [7, 11) is 0. The van der Waals surface area contributed by atoms with Gasteiger partial charge < -0.3 is 10.0 Å². The summed E-state index contributed by atoms with van der Waals surface area (Å²) in [5.41, 5.74) is 1.53. The van der Waals surface area contributed by atoms with E-state index < -0.39 is 6.10 Å². The van der Waals surface area contributed by atoms with Gasteiger partial charge in [-0.05, 0) is 50.4 Å². The number of anilines is 1. The molecule has 0 bridgehead atoms. The second-order valence-corrected chi connectivity index (χ2v) is 6.21. The van der Waals surface area contributed by atoms with Crippen LogP contribution in [0.5, 0.6) is 0 Å². The highest BCUT2D eigenvalue weighted by Gasteiger charge is 2.18. The van der Waals surface area contributed by atoms with E-state index in [1.165, 1.54) is 17.0 Å². The molecule has 0 spiro atoms. The molecule has 0 radical (unpaired) electrons. The number of aliphatic hydroxyl groups excluding tert-OH is 1. The molecule has 2 nitrogen and oxygen atoms in total. The highest BCUT2D eigenvalue weighted by molar-refractivity contribution is 7.09. The number of benzene rings is 1. The van der Waals surface area contributed by atoms with Gasteiger partial charge in [0.15, 0.2) is 0 Å². The minimum Gasteiger partial charge on any atom is -0.389 e. The zero-order valence-electron chi connectivity index (χ0n) is 12.0. The SMILES string of the molecule is CC(C)N(Cc1cccs1)c1ccc(F)cc1[C@@H](C)O. The predicted molar refractivity (Wildman–Crippen MR) is 82.7 cm³/mol. The predicted octanol–water partition coefficient (Wildman–Crippen LogP) is 4.36. The Morgan fingerprint density at radius 1 is 1.25 bits per heavy atom. The molecule has 20 heavy (non-hydrogen) atoms. The van der Waals surface area contributed by atoms with Crippen LogP contribution in [-0.4, -0.2) is 11.1 Å². The van der Waals surface area contributed by atoms with Gasteiger partial charge in [-0.3, -0.25) is 0 Å². The molecule has 0 fully saturated rings. The zero-order valence-corrected chi connectivity index (χ0v) is 12.8. The third-order valence-electron chi connectivity index (χ3n) is 3.28. The Hall–Kier alpha value is -1.39. The Morgan fingerprint density at radius 3 is 2.55 bits per heavy atom. The van der Waals surface area contributed by atoms with E-state index in [0.717, 1.165) is 12.2 Å². The fourth-order valence-electron chi connectivity index (χ4n) is 2.24. The number of thiophene rings is 1. The smallest absolute Gasteiger partial charge is 0.123 e. The summed E-state index contributed by atoms with van der Waals surface area (Å²) in [5, 5.41) is 11.9. The first-order valence-corrected chi connectivity index (χ1v) is 7.63. The first-order chi connectivity index (χ1) is 9.49. The van der Waals surface area contributed by atoms with E-state index >= 15 is 0 Å². The molecule has 2 rings (SSSR count). The molecule has 1 heterocycles. The fraction of sp³-hybridized carbons (Fsp3) is 0.375. The monoisotopic (exact) mass is 293 g/mol. The third-order valence-corrected chi connectivity index (χ3v) is 4.14. The van der Waals surface area contributed by atoms with Crippen LogP contribution in [0.15, 0.2) is 35.7 Å². The molecule has 1 atom stereocenters. The highest BCUT2D eigenvalue weighted by Crippen LogP contribution is 2.30. The van der Waals surface area contributed by atoms with Crippen molar-refractivity contribution < 1.29 is 9.50 Å². The van der Waals surface area contributed by atoms with Crippen LogP contribution in [0, 0.1) is 5.82 Å². The number of nitrogens with zero attached hydrogens (tertiary/aromatic N) is 1. The minimum atomic E-state index is -0.690. The number of hydrogen-bond donors (Lipinski definition) is 1. The van der Waals surface area contributed by atoms with E-state index in [9.17, 15) is 9.50 Å². The van der Waals surface area contributed by atoms with Crippen molar-refractivity contribution in [2.75, 3.05) is 4.90 Å². The molecule has 0 aliphatic rings. The lowest BCUT2D eigenvalue weighted by atomic mass is 10.1. The Kier molecular flexibility index (Phi) is 4.78. The van der Waals surface area contributed by atoms with Gasteiger partial charge in [-0.15, -0.1) is 11.3 Å². The maximum Gasteiger partial charge on any atom is 0.123 e. The summed E-state index contributed by atoms with van der Waals surface area (Å²) in [5.74, 6) is -0.315. The molecule has 1 aromatic carbocycles. The second kappa shape index (κ2) is 6.37. The maximum absolute atomic E-state index is 13.4. The van der Waals surface area contributed by atoms with Crippen molar-refractivity contribution in [2.45, 2.75) is 39.5 Å². The van der Waals surface area contributed by atoms with E-state index in [2.05, 4.69) is 24.8 Å². The van der Waals surface area contributed by atoms with E-state index in [0.29, 0.717) is 5.56 Å². The van der Waals surface area contributed by atoms with Gasteiger partial charge in [0.25, 0.3) is 0 Å². The summed E-state index contributed by atoms with van der Waals surface area (Å²) in [6.45, 7) is 6.63. The summed E-state index contributed by atoms with van der Waals surface area (Å²) in [6, 6.07) is 9.00. The molecule has 0 saturated carbocycles. The quantitative estimate of drug-likeness (QED) is 0.885. The van der Waals surface area contributed by atoms with Crippen LogP contribution in [0.25, 0.3) is 0 Å². The van der Waals surface area contributed by atoms with Crippen LogP contribution in [0.1, 0.15) is 37.3 Å². The van der Waals surface area contributed by atoms with E-state index in [4.69, 9.17) is 0 Å². The number of rotatable bonds is 5. The highest BCUT2D eigenvalue weighted by atomic mass is 32.1. The Bertz CT molecular complexity index is 552. The van der Waals surface area contributed by atoms with Crippen LogP contribution in [-0.2, 0) is 6.54 Å². The maximum atomic E-state index is 13.4. The topological polar surface area (TPSA) is 23.5 Å². The average molecular weight is 293 g/mol. The van der Waals surface area contributed by atoms with Gasteiger partial charge in [-0.2, -0.15) is 0 Å². The van der Waals surface area contributed by atoms with Crippen LogP contribution in [0.4, 0.5) is 10.1 Å².